The molecule has 0 spiro atoms. The molecule has 3 heteroatoms. The number of carbonyl (C=O) groups excluding carboxylic acids is 1. The van der Waals surface area contributed by atoms with Crippen LogP contribution in [0.4, 0.5) is 0 Å². The number of hydrogen-bond acceptors (Lipinski definition) is 3. The Labute approximate surface area is 155 Å². The quantitative estimate of drug-likeness (QED) is 0.792. The topological polar surface area (TPSA) is 69.1 Å². The van der Waals surface area contributed by atoms with Crippen molar-refractivity contribution >= 4 is 5.78 Å². The van der Waals surface area contributed by atoms with Gasteiger partial charge >= 0.3 is 0 Å². The van der Waals surface area contributed by atoms with Crippen LogP contribution in [0, 0.1) is 13.8 Å². The minimum absolute atomic E-state index is 0.0324. The molecule has 0 aliphatic carbocycles. The lowest BCUT2D eigenvalue weighted by Crippen LogP contribution is -2.07. The molecule has 0 bridgehead atoms. The summed E-state index contributed by atoms with van der Waals surface area (Å²) in [4.78, 5) is 9.69. The van der Waals surface area contributed by atoms with Crippen molar-refractivity contribution in [1.82, 2.24) is 0 Å². The van der Waals surface area contributed by atoms with E-state index in [2.05, 4.69) is 68.1 Å². The van der Waals surface area contributed by atoms with Crippen molar-refractivity contribution in [3.8, 4) is 11.1 Å². The zero-order chi connectivity index (χ0) is 20.3. The average molecular weight is 347 g/mol. The Bertz CT molecular complexity index is 534. The SMILES string of the molecule is CC.CC.CC(=O)CN.CN.Cc1ccc(-c2cccc(C)c2)cc1. The van der Waals surface area contributed by atoms with Crippen LogP contribution in [0.15, 0.2) is 48.5 Å². The van der Waals surface area contributed by atoms with E-state index in [0.29, 0.717) is 0 Å². The lowest BCUT2D eigenvalue weighted by molar-refractivity contribution is -0.115. The number of carbonyl (C=O) groups is 1. The van der Waals surface area contributed by atoms with E-state index in [1.54, 1.807) is 0 Å². The number of nitrogens with two attached hydrogens (primary N) is 2. The first-order valence-corrected chi connectivity index (χ1v) is 8.94. The van der Waals surface area contributed by atoms with E-state index in [1.807, 2.05) is 27.7 Å². The number of ketones is 1. The maximum atomic E-state index is 9.69. The number of rotatable bonds is 2. The first kappa shape index (κ1) is 27.9. The van der Waals surface area contributed by atoms with Crippen LogP contribution in [0.2, 0.25) is 0 Å². The molecule has 142 valence electrons. The molecule has 0 fully saturated rings. The van der Waals surface area contributed by atoms with Crippen LogP contribution in [0.25, 0.3) is 11.1 Å². The Morgan fingerprint density at radius 2 is 1.24 bits per heavy atom. The fourth-order valence-corrected chi connectivity index (χ4v) is 1.57. The predicted molar refractivity (Wildman–Crippen MR) is 114 cm³/mol. The highest BCUT2D eigenvalue weighted by atomic mass is 16.1. The van der Waals surface area contributed by atoms with Gasteiger partial charge in [-0.1, -0.05) is 87.4 Å². The smallest absolute Gasteiger partial charge is 0.143 e. The van der Waals surface area contributed by atoms with Crippen LogP contribution in [0.1, 0.15) is 45.7 Å². The highest BCUT2D eigenvalue weighted by molar-refractivity contribution is 5.77. The van der Waals surface area contributed by atoms with Gasteiger partial charge in [0.25, 0.3) is 0 Å². The second-order valence-corrected chi connectivity index (χ2v) is 4.64. The van der Waals surface area contributed by atoms with E-state index < -0.39 is 0 Å². The Hall–Kier alpha value is -1.97. The molecule has 0 aromatic heterocycles. The molecule has 2 aromatic carbocycles. The lowest BCUT2D eigenvalue weighted by atomic mass is 10.0. The summed E-state index contributed by atoms with van der Waals surface area (Å²) >= 11 is 0. The molecule has 0 heterocycles. The first-order valence-electron chi connectivity index (χ1n) is 8.94. The standard InChI is InChI=1S/C14H14.C3H7NO.2C2H6.CH5N/c1-11-6-8-13(9-7-11)14-5-3-4-12(2)10-14;1-3(5)2-4;3*1-2/h3-10H,1-2H3;2,4H2,1H3;2*1-2H3;2H2,1H3. The van der Waals surface area contributed by atoms with Gasteiger partial charge in [-0.05, 0) is 38.9 Å². The molecule has 25 heavy (non-hydrogen) atoms. The van der Waals surface area contributed by atoms with E-state index in [-0.39, 0.29) is 12.3 Å². The minimum Gasteiger partial charge on any atom is -0.333 e. The second kappa shape index (κ2) is 20.1. The van der Waals surface area contributed by atoms with Crippen LogP contribution in [0.5, 0.6) is 0 Å². The molecule has 0 aliphatic heterocycles. The summed E-state index contributed by atoms with van der Waals surface area (Å²) < 4.78 is 0. The molecule has 0 atom stereocenters. The van der Waals surface area contributed by atoms with Crippen molar-refractivity contribution in [2.75, 3.05) is 13.6 Å². The van der Waals surface area contributed by atoms with Gasteiger partial charge in [0.05, 0.1) is 6.54 Å². The fourth-order valence-electron chi connectivity index (χ4n) is 1.57. The molecule has 4 N–H and O–H groups in total. The average Bonchev–Trinajstić information content (AvgIpc) is 2.67. The normalized spacial score (nSPS) is 7.92. The van der Waals surface area contributed by atoms with Crippen molar-refractivity contribution in [3.63, 3.8) is 0 Å². The van der Waals surface area contributed by atoms with E-state index in [1.165, 1.54) is 36.2 Å². The maximum Gasteiger partial charge on any atom is 0.143 e. The molecule has 2 aromatic rings. The van der Waals surface area contributed by atoms with Crippen LogP contribution >= 0.6 is 0 Å². The van der Waals surface area contributed by atoms with Gasteiger partial charge in [0.15, 0.2) is 0 Å². The summed E-state index contributed by atoms with van der Waals surface area (Å²) in [6.45, 7) is 13.9. The van der Waals surface area contributed by atoms with Gasteiger partial charge in [-0.15, -0.1) is 0 Å². The number of hydrogen-bond donors (Lipinski definition) is 2. The minimum atomic E-state index is 0.0324. The van der Waals surface area contributed by atoms with Crippen molar-refractivity contribution < 1.29 is 4.79 Å². The van der Waals surface area contributed by atoms with Gasteiger partial charge in [-0.25, -0.2) is 0 Å². The first-order chi connectivity index (χ1) is 12.0. The van der Waals surface area contributed by atoms with Crippen molar-refractivity contribution in [2.24, 2.45) is 11.5 Å². The molecule has 0 saturated heterocycles. The summed E-state index contributed by atoms with van der Waals surface area (Å²) in [5.74, 6) is 0.0324. The third-order valence-corrected chi connectivity index (χ3v) is 2.69. The maximum absolute atomic E-state index is 9.69. The highest BCUT2D eigenvalue weighted by Crippen LogP contribution is 2.20. The van der Waals surface area contributed by atoms with Gasteiger partial charge in [-0.3, -0.25) is 4.79 Å². The van der Waals surface area contributed by atoms with Crippen molar-refractivity contribution in [3.05, 3.63) is 59.7 Å². The number of Topliss-reactive ketones (excluding diaryl/α,β-unsaturated/α-hetero) is 1. The Balaban J connectivity index is -0.000000373. The van der Waals surface area contributed by atoms with E-state index >= 15 is 0 Å². The summed E-state index contributed by atoms with van der Waals surface area (Å²) in [7, 11) is 1.50. The van der Waals surface area contributed by atoms with Gasteiger partial charge in [-0.2, -0.15) is 0 Å². The largest absolute Gasteiger partial charge is 0.333 e. The van der Waals surface area contributed by atoms with Crippen molar-refractivity contribution in [1.29, 1.82) is 0 Å². The van der Waals surface area contributed by atoms with Gasteiger partial charge in [0, 0.05) is 0 Å². The molecule has 0 radical (unpaired) electrons. The third kappa shape index (κ3) is 15.3. The molecule has 0 saturated carbocycles. The van der Waals surface area contributed by atoms with E-state index in [4.69, 9.17) is 5.73 Å². The van der Waals surface area contributed by atoms with Crippen molar-refractivity contribution in [2.45, 2.75) is 48.5 Å². The molecule has 0 unspecified atom stereocenters. The molecular weight excluding hydrogens is 308 g/mol. The third-order valence-electron chi connectivity index (χ3n) is 2.69. The summed E-state index contributed by atoms with van der Waals surface area (Å²) in [5.41, 5.74) is 14.5. The monoisotopic (exact) mass is 346 g/mol. The van der Waals surface area contributed by atoms with Gasteiger partial charge < -0.3 is 11.5 Å². The fraction of sp³-hybridized carbons (Fsp3) is 0.409. The Morgan fingerprint density at radius 3 is 1.60 bits per heavy atom. The second-order valence-electron chi connectivity index (χ2n) is 4.64. The molecule has 0 aliphatic rings. The molecule has 0 amide bonds. The Morgan fingerprint density at radius 1 is 0.800 bits per heavy atom. The zero-order valence-electron chi connectivity index (χ0n) is 17.4. The predicted octanol–water partition coefficient (Wildman–Crippen LogP) is 5.13. The summed E-state index contributed by atoms with van der Waals surface area (Å²) in [6, 6.07) is 17.2. The summed E-state index contributed by atoms with van der Waals surface area (Å²) in [6.07, 6.45) is 0. The van der Waals surface area contributed by atoms with Gasteiger partial charge in [0.2, 0.25) is 0 Å². The zero-order valence-corrected chi connectivity index (χ0v) is 17.4. The van der Waals surface area contributed by atoms with Crippen LogP contribution in [0.3, 0.4) is 0 Å². The van der Waals surface area contributed by atoms with Crippen LogP contribution in [-0.2, 0) is 4.79 Å². The molecule has 3 nitrogen and oxygen atoms in total. The lowest BCUT2D eigenvalue weighted by Gasteiger charge is -2.02. The summed E-state index contributed by atoms with van der Waals surface area (Å²) in [5, 5.41) is 0. The number of aryl methyl sites for hydroxylation is 2. The molecule has 2 rings (SSSR count). The number of benzene rings is 2. The van der Waals surface area contributed by atoms with E-state index in [0.717, 1.165) is 0 Å². The van der Waals surface area contributed by atoms with Crippen LogP contribution in [-0.4, -0.2) is 19.4 Å². The Kier molecular flexibility index (Phi) is 22.4. The van der Waals surface area contributed by atoms with Gasteiger partial charge in [0.1, 0.15) is 5.78 Å². The van der Waals surface area contributed by atoms with E-state index in [9.17, 15) is 4.79 Å². The molecular formula is C22H38N2O. The highest BCUT2D eigenvalue weighted by Gasteiger charge is 1.96. The van der Waals surface area contributed by atoms with Crippen LogP contribution < -0.4 is 11.5 Å².